The number of rotatable bonds is 6. The van der Waals surface area contributed by atoms with E-state index in [9.17, 15) is 22.8 Å². The molecule has 3 nitrogen and oxygen atoms in total. The molecule has 0 saturated carbocycles. The van der Waals surface area contributed by atoms with Crippen molar-refractivity contribution in [1.29, 1.82) is 0 Å². The number of ketones is 1. The van der Waals surface area contributed by atoms with Crippen LogP contribution >= 0.6 is 0 Å². The van der Waals surface area contributed by atoms with Crippen LogP contribution in [0, 0.1) is 5.92 Å². The summed E-state index contributed by atoms with van der Waals surface area (Å²) in [6.07, 6.45) is -4.52. The topological polar surface area (TPSA) is 60.2 Å². The molecule has 0 saturated heterocycles. The number of primary amides is 1. The quantitative estimate of drug-likeness (QED) is 0.700. The van der Waals surface area contributed by atoms with Crippen molar-refractivity contribution in [3.05, 3.63) is 0 Å². The van der Waals surface area contributed by atoms with E-state index in [1.54, 1.807) is 6.92 Å². The van der Waals surface area contributed by atoms with E-state index < -0.39 is 30.2 Å². The first-order chi connectivity index (χ1) is 6.78. The van der Waals surface area contributed by atoms with Crippen LogP contribution < -0.4 is 5.73 Å². The van der Waals surface area contributed by atoms with Crippen molar-refractivity contribution in [3.63, 3.8) is 0 Å². The van der Waals surface area contributed by atoms with Crippen molar-refractivity contribution in [2.24, 2.45) is 11.7 Å². The molecule has 0 fully saturated rings. The molecule has 0 spiro atoms. The van der Waals surface area contributed by atoms with Crippen molar-refractivity contribution >= 4 is 11.7 Å². The van der Waals surface area contributed by atoms with Gasteiger partial charge in [0.25, 0.3) is 5.91 Å². The van der Waals surface area contributed by atoms with Crippen LogP contribution in [0.3, 0.4) is 0 Å². The molecule has 1 atom stereocenters. The average molecular weight is 225 g/mol. The Labute approximate surface area is 85.8 Å². The molecule has 0 aliphatic heterocycles. The molecule has 0 aromatic rings. The minimum Gasteiger partial charge on any atom is -0.363 e. The summed E-state index contributed by atoms with van der Waals surface area (Å²) < 4.78 is 36.2. The lowest BCUT2D eigenvalue weighted by atomic mass is 9.93. The van der Waals surface area contributed by atoms with Gasteiger partial charge >= 0.3 is 6.18 Å². The SMILES string of the molecule is CCCCC(CC(F)(F)F)C(=O)C(N)=O. The highest BCUT2D eigenvalue weighted by Gasteiger charge is 2.36. The van der Waals surface area contributed by atoms with E-state index in [1.807, 2.05) is 0 Å². The van der Waals surface area contributed by atoms with Crippen LogP contribution in [-0.2, 0) is 9.59 Å². The van der Waals surface area contributed by atoms with E-state index in [0.29, 0.717) is 12.8 Å². The highest BCUT2D eigenvalue weighted by Crippen LogP contribution is 2.28. The Morgan fingerprint density at radius 2 is 1.87 bits per heavy atom. The zero-order valence-electron chi connectivity index (χ0n) is 8.43. The molecule has 1 amide bonds. The summed E-state index contributed by atoms with van der Waals surface area (Å²) in [4.78, 5) is 21.5. The number of Topliss-reactive ketones (excluding diaryl/α,β-unsaturated/α-hetero) is 1. The normalized spacial score (nSPS) is 13.6. The number of amides is 1. The summed E-state index contributed by atoms with van der Waals surface area (Å²) in [5.41, 5.74) is 4.67. The first-order valence-corrected chi connectivity index (χ1v) is 4.68. The zero-order valence-corrected chi connectivity index (χ0v) is 8.43. The molecule has 0 aliphatic carbocycles. The third kappa shape index (κ3) is 6.09. The third-order valence-corrected chi connectivity index (χ3v) is 2.00. The van der Waals surface area contributed by atoms with Gasteiger partial charge in [0.2, 0.25) is 5.78 Å². The Kier molecular flexibility index (Phi) is 5.32. The number of unbranched alkanes of at least 4 members (excludes halogenated alkanes) is 1. The maximum atomic E-state index is 12.1. The Hall–Kier alpha value is -1.07. The van der Waals surface area contributed by atoms with Gasteiger partial charge < -0.3 is 5.73 Å². The second-order valence-electron chi connectivity index (χ2n) is 3.39. The van der Waals surface area contributed by atoms with Crippen molar-refractivity contribution in [1.82, 2.24) is 0 Å². The van der Waals surface area contributed by atoms with Gasteiger partial charge in [-0.3, -0.25) is 9.59 Å². The van der Waals surface area contributed by atoms with Crippen molar-refractivity contribution in [3.8, 4) is 0 Å². The first-order valence-electron chi connectivity index (χ1n) is 4.68. The summed E-state index contributed by atoms with van der Waals surface area (Å²) in [6.45, 7) is 1.79. The number of carbonyl (C=O) groups excluding carboxylic acids is 2. The van der Waals surface area contributed by atoms with E-state index in [2.05, 4.69) is 5.73 Å². The monoisotopic (exact) mass is 225 g/mol. The molecule has 0 heterocycles. The summed E-state index contributed by atoms with van der Waals surface area (Å²) >= 11 is 0. The Morgan fingerprint density at radius 1 is 1.33 bits per heavy atom. The lowest BCUT2D eigenvalue weighted by Crippen LogP contribution is -2.33. The minimum atomic E-state index is -4.44. The van der Waals surface area contributed by atoms with Gasteiger partial charge in [-0.25, -0.2) is 0 Å². The number of halogens is 3. The van der Waals surface area contributed by atoms with Gasteiger partial charge in [0.05, 0.1) is 6.42 Å². The Bertz CT molecular complexity index is 238. The van der Waals surface area contributed by atoms with Gasteiger partial charge in [-0.15, -0.1) is 0 Å². The third-order valence-electron chi connectivity index (χ3n) is 2.00. The van der Waals surface area contributed by atoms with E-state index in [1.165, 1.54) is 0 Å². The molecule has 88 valence electrons. The predicted octanol–water partition coefficient (Wildman–Crippen LogP) is 1.80. The largest absolute Gasteiger partial charge is 0.389 e. The maximum absolute atomic E-state index is 12.1. The van der Waals surface area contributed by atoms with Crippen LogP contribution in [0.15, 0.2) is 0 Å². The second kappa shape index (κ2) is 5.72. The fraction of sp³-hybridized carbons (Fsp3) is 0.778. The number of alkyl halides is 3. The molecule has 0 aromatic carbocycles. The van der Waals surface area contributed by atoms with E-state index in [0.717, 1.165) is 0 Å². The lowest BCUT2D eigenvalue weighted by Gasteiger charge is -2.15. The van der Waals surface area contributed by atoms with Gasteiger partial charge in [-0.05, 0) is 6.42 Å². The highest BCUT2D eigenvalue weighted by atomic mass is 19.4. The molecular formula is C9H14F3NO2. The van der Waals surface area contributed by atoms with Gasteiger partial charge in [0, 0.05) is 5.92 Å². The summed E-state index contributed by atoms with van der Waals surface area (Å²) in [5.74, 6) is -3.73. The molecule has 0 bridgehead atoms. The average Bonchev–Trinajstić information content (AvgIpc) is 2.09. The van der Waals surface area contributed by atoms with Gasteiger partial charge in [0.15, 0.2) is 0 Å². The van der Waals surface area contributed by atoms with Crippen LogP contribution in [-0.4, -0.2) is 17.9 Å². The standard InChI is InChI=1S/C9H14F3NO2/c1-2-3-4-6(5-9(10,11)12)7(14)8(13)15/h6H,2-5H2,1H3,(H2,13,15). The molecule has 6 heteroatoms. The van der Waals surface area contributed by atoms with Crippen LogP contribution in [0.2, 0.25) is 0 Å². The number of hydrogen-bond donors (Lipinski definition) is 1. The maximum Gasteiger partial charge on any atom is 0.389 e. The van der Waals surface area contributed by atoms with Gasteiger partial charge in [0.1, 0.15) is 0 Å². The summed E-state index contributed by atoms with van der Waals surface area (Å²) in [6, 6.07) is 0. The molecule has 0 aromatic heterocycles. The minimum absolute atomic E-state index is 0.0534. The number of carbonyl (C=O) groups is 2. The Balaban J connectivity index is 4.44. The van der Waals surface area contributed by atoms with Crippen LogP contribution in [0.1, 0.15) is 32.6 Å². The number of hydrogen-bond acceptors (Lipinski definition) is 2. The lowest BCUT2D eigenvalue weighted by molar-refractivity contribution is -0.156. The number of nitrogens with two attached hydrogens (primary N) is 1. The fourth-order valence-electron chi connectivity index (χ4n) is 1.26. The van der Waals surface area contributed by atoms with Crippen LogP contribution in [0.25, 0.3) is 0 Å². The second-order valence-corrected chi connectivity index (χ2v) is 3.39. The Morgan fingerprint density at radius 3 is 2.20 bits per heavy atom. The van der Waals surface area contributed by atoms with Crippen molar-refractivity contribution in [2.45, 2.75) is 38.8 Å². The van der Waals surface area contributed by atoms with Crippen molar-refractivity contribution < 1.29 is 22.8 Å². The van der Waals surface area contributed by atoms with E-state index in [4.69, 9.17) is 0 Å². The molecule has 2 N–H and O–H groups in total. The molecule has 0 aliphatic rings. The first kappa shape index (κ1) is 13.9. The molecule has 0 rings (SSSR count). The molecule has 1 unspecified atom stereocenters. The fourth-order valence-corrected chi connectivity index (χ4v) is 1.26. The molecule has 15 heavy (non-hydrogen) atoms. The van der Waals surface area contributed by atoms with Crippen molar-refractivity contribution in [2.75, 3.05) is 0 Å². The smallest absolute Gasteiger partial charge is 0.363 e. The van der Waals surface area contributed by atoms with Gasteiger partial charge in [-0.1, -0.05) is 19.8 Å². The predicted molar refractivity (Wildman–Crippen MR) is 47.9 cm³/mol. The zero-order chi connectivity index (χ0) is 12.1. The van der Waals surface area contributed by atoms with Gasteiger partial charge in [-0.2, -0.15) is 13.2 Å². The molecule has 0 radical (unpaired) electrons. The summed E-state index contributed by atoms with van der Waals surface area (Å²) in [7, 11) is 0. The van der Waals surface area contributed by atoms with Crippen LogP contribution in [0.4, 0.5) is 13.2 Å². The summed E-state index contributed by atoms with van der Waals surface area (Å²) in [5, 5.41) is 0. The van der Waals surface area contributed by atoms with E-state index in [-0.39, 0.29) is 6.42 Å². The van der Waals surface area contributed by atoms with E-state index >= 15 is 0 Å². The highest BCUT2D eigenvalue weighted by molar-refractivity contribution is 6.36. The molecular weight excluding hydrogens is 211 g/mol. The van der Waals surface area contributed by atoms with Crippen LogP contribution in [0.5, 0.6) is 0 Å².